The van der Waals surface area contributed by atoms with Crippen LogP contribution < -0.4 is 5.73 Å². The highest BCUT2D eigenvalue weighted by atomic mass is 15.3. The zero-order chi connectivity index (χ0) is 11.7. The number of hydrogen-bond donors (Lipinski definition) is 1. The Kier molecular flexibility index (Phi) is 3.69. The molecular formula is C14H27N3. The van der Waals surface area contributed by atoms with Crippen LogP contribution in [0.3, 0.4) is 0 Å². The lowest BCUT2D eigenvalue weighted by atomic mass is 9.90. The summed E-state index contributed by atoms with van der Waals surface area (Å²) >= 11 is 0. The molecule has 98 valence electrons. The molecule has 3 atom stereocenters. The van der Waals surface area contributed by atoms with E-state index in [2.05, 4.69) is 9.80 Å². The molecule has 1 saturated carbocycles. The van der Waals surface area contributed by atoms with E-state index in [-0.39, 0.29) is 0 Å². The standard InChI is InChI=1S/C14H27N3/c15-13-5-1-2-6-14(13)17-10-7-12(11-17)16-8-3-4-9-16/h12-14H,1-11,15H2. The van der Waals surface area contributed by atoms with Gasteiger partial charge in [0.05, 0.1) is 0 Å². The highest BCUT2D eigenvalue weighted by Gasteiger charge is 2.35. The molecule has 3 aliphatic rings. The van der Waals surface area contributed by atoms with Gasteiger partial charge >= 0.3 is 0 Å². The molecule has 0 bridgehead atoms. The first kappa shape index (κ1) is 11.9. The normalized spacial score (nSPS) is 41.1. The average molecular weight is 237 g/mol. The molecule has 1 aliphatic carbocycles. The van der Waals surface area contributed by atoms with Crippen LogP contribution in [0.5, 0.6) is 0 Å². The molecule has 3 unspecified atom stereocenters. The molecule has 0 amide bonds. The number of hydrogen-bond acceptors (Lipinski definition) is 3. The second-order valence-electron chi connectivity index (χ2n) is 6.20. The minimum Gasteiger partial charge on any atom is -0.326 e. The lowest BCUT2D eigenvalue weighted by Gasteiger charge is -2.36. The SMILES string of the molecule is NC1CCCCC1N1CCC(N2CCCC2)C1. The molecule has 3 fully saturated rings. The first-order chi connectivity index (χ1) is 8.34. The number of nitrogens with zero attached hydrogens (tertiary/aromatic N) is 2. The molecule has 2 heterocycles. The van der Waals surface area contributed by atoms with Gasteiger partial charge < -0.3 is 5.73 Å². The average Bonchev–Trinajstić information content (AvgIpc) is 3.00. The molecule has 0 spiro atoms. The molecule has 2 saturated heterocycles. The summed E-state index contributed by atoms with van der Waals surface area (Å²) in [6.45, 7) is 5.27. The van der Waals surface area contributed by atoms with Crippen LogP contribution in [-0.4, -0.2) is 54.1 Å². The second-order valence-corrected chi connectivity index (χ2v) is 6.20. The molecule has 0 radical (unpaired) electrons. The Bertz CT molecular complexity index is 250. The van der Waals surface area contributed by atoms with Crippen molar-refractivity contribution in [3.8, 4) is 0 Å². The van der Waals surface area contributed by atoms with Gasteiger partial charge in [-0.25, -0.2) is 0 Å². The van der Waals surface area contributed by atoms with Crippen molar-refractivity contribution in [1.82, 2.24) is 9.80 Å². The van der Waals surface area contributed by atoms with Crippen molar-refractivity contribution < 1.29 is 0 Å². The van der Waals surface area contributed by atoms with Gasteiger partial charge in [0.15, 0.2) is 0 Å². The van der Waals surface area contributed by atoms with E-state index in [9.17, 15) is 0 Å². The smallest absolute Gasteiger partial charge is 0.0247 e. The predicted octanol–water partition coefficient (Wildman–Crippen LogP) is 1.43. The monoisotopic (exact) mass is 237 g/mol. The Morgan fingerprint density at radius 1 is 0.765 bits per heavy atom. The van der Waals surface area contributed by atoms with Crippen LogP contribution in [0.1, 0.15) is 44.9 Å². The molecule has 2 aliphatic heterocycles. The fourth-order valence-electron chi connectivity index (χ4n) is 4.07. The molecule has 3 heteroatoms. The summed E-state index contributed by atoms with van der Waals surface area (Å²) in [4.78, 5) is 5.42. The maximum absolute atomic E-state index is 6.30. The zero-order valence-corrected chi connectivity index (χ0v) is 11.0. The zero-order valence-electron chi connectivity index (χ0n) is 11.0. The molecule has 3 nitrogen and oxygen atoms in total. The van der Waals surface area contributed by atoms with Gasteiger partial charge in [-0.3, -0.25) is 9.80 Å². The summed E-state index contributed by atoms with van der Waals surface area (Å²) in [5.41, 5.74) is 6.30. The summed E-state index contributed by atoms with van der Waals surface area (Å²) in [7, 11) is 0. The predicted molar refractivity (Wildman–Crippen MR) is 71.0 cm³/mol. The number of rotatable bonds is 2. The maximum atomic E-state index is 6.30. The number of nitrogens with two attached hydrogens (primary N) is 1. The maximum Gasteiger partial charge on any atom is 0.0247 e. The van der Waals surface area contributed by atoms with E-state index in [0.29, 0.717) is 12.1 Å². The van der Waals surface area contributed by atoms with Crippen molar-refractivity contribution in [2.24, 2.45) is 5.73 Å². The Hall–Kier alpha value is -0.120. The second kappa shape index (κ2) is 5.25. The first-order valence-electron chi connectivity index (χ1n) is 7.58. The Balaban J connectivity index is 1.55. The molecule has 0 aromatic rings. The third-order valence-electron chi connectivity index (χ3n) is 5.10. The van der Waals surface area contributed by atoms with Gasteiger partial charge in [0, 0.05) is 31.2 Å². The summed E-state index contributed by atoms with van der Waals surface area (Å²) in [6.07, 6.45) is 9.54. The molecule has 0 aromatic carbocycles. The van der Waals surface area contributed by atoms with E-state index in [0.717, 1.165) is 6.04 Å². The lowest BCUT2D eigenvalue weighted by Crippen LogP contribution is -2.49. The topological polar surface area (TPSA) is 32.5 Å². The fourth-order valence-corrected chi connectivity index (χ4v) is 4.07. The molecule has 17 heavy (non-hydrogen) atoms. The van der Waals surface area contributed by atoms with Crippen molar-refractivity contribution in [2.75, 3.05) is 26.2 Å². The van der Waals surface area contributed by atoms with Gasteiger partial charge in [0.2, 0.25) is 0 Å². The van der Waals surface area contributed by atoms with Crippen LogP contribution in [0.2, 0.25) is 0 Å². The molecular weight excluding hydrogens is 210 g/mol. The van der Waals surface area contributed by atoms with E-state index < -0.39 is 0 Å². The molecule has 0 aromatic heterocycles. The van der Waals surface area contributed by atoms with E-state index >= 15 is 0 Å². The highest BCUT2D eigenvalue weighted by Crippen LogP contribution is 2.27. The summed E-state index contributed by atoms with van der Waals surface area (Å²) in [5, 5.41) is 0. The van der Waals surface area contributed by atoms with Gasteiger partial charge in [-0.15, -0.1) is 0 Å². The van der Waals surface area contributed by atoms with E-state index in [1.165, 1.54) is 71.1 Å². The summed E-state index contributed by atoms with van der Waals surface area (Å²) in [6, 6.07) is 1.98. The summed E-state index contributed by atoms with van der Waals surface area (Å²) in [5.74, 6) is 0. The van der Waals surface area contributed by atoms with Gasteiger partial charge in [0.1, 0.15) is 0 Å². The van der Waals surface area contributed by atoms with Crippen LogP contribution >= 0.6 is 0 Å². The van der Waals surface area contributed by atoms with Crippen molar-refractivity contribution in [3.63, 3.8) is 0 Å². The van der Waals surface area contributed by atoms with Crippen LogP contribution in [0.25, 0.3) is 0 Å². The minimum atomic E-state index is 0.445. The van der Waals surface area contributed by atoms with Crippen molar-refractivity contribution in [2.45, 2.75) is 63.1 Å². The quantitative estimate of drug-likeness (QED) is 0.788. The lowest BCUT2D eigenvalue weighted by molar-refractivity contribution is 0.151. The van der Waals surface area contributed by atoms with Crippen molar-refractivity contribution in [3.05, 3.63) is 0 Å². The largest absolute Gasteiger partial charge is 0.326 e. The fraction of sp³-hybridized carbons (Fsp3) is 1.00. The van der Waals surface area contributed by atoms with E-state index in [4.69, 9.17) is 5.73 Å². The third-order valence-corrected chi connectivity index (χ3v) is 5.10. The van der Waals surface area contributed by atoms with Gasteiger partial charge in [-0.1, -0.05) is 12.8 Å². The van der Waals surface area contributed by atoms with Crippen LogP contribution in [0, 0.1) is 0 Å². The van der Waals surface area contributed by atoms with Crippen LogP contribution in [0.4, 0.5) is 0 Å². The van der Waals surface area contributed by atoms with Gasteiger partial charge in [-0.05, 0) is 45.2 Å². The van der Waals surface area contributed by atoms with E-state index in [1.807, 2.05) is 0 Å². The minimum absolute atomic E-state index is 0.445. The van der Waals surface area contributed by atoms with Crippen molar-refractivity contribution in [1.29, 1.82) is 0 Å². The Labute approximate surface area is 105 Å². The Morgan fingerprint density at radius 2 is 1.53 bits per heavy atom. The Morgan fingerprint density at radius 3 is 2.29 bits per heavy atom. The van der Waals surface area contributed by atoms with Gasteiger partial charge in [-0.2, -0.15) is 0 Å². The van der Waals surface area contributed by atoms with E-state index in [1.54, 1.807) is 0 Å². The summed E-state index contributed by atoms with van der Waals surface area (Å²) < 4.78 is 0. The van der Waals surface area contributed by atoms with Crippen LogP contribution in [-0.2, 0) is 0 Å². The first-order valence-corrected chi connectivity index (χ1v) is 7.58. The third kappa shape index (κ3) is 2.51. The highest BCUT2D eigenvalue weighted by molar-refractivity contribution is 4.93. The van der Waals surface area contributed by atoms with Crippen molar-refractivity contribution >= 4 is 0 Å². The van der Waals surface area contributed by atoms with Crippen LogP contribution in [0.15, 0.2) is 0 Å². The molecule has 2 N–H and O–H groups in total. The van der Waals surface area contributed by atoms with Gasteiger partial charge in [0.25, 0.3) is 0 Å². The number of likely N-dealkylation sites (tertiary alicyclic amines) is 2. The molecule has 3 rings (SSSR count).